The minimum Gasteiger partial charge on any atom is -0.507 e. The maximum Gasteiger partial charge on any atom is 0.270 e. The van der Waals surface area contributed by atoms with Gasteiger partial charge in [0.25, 0.3) is 5.69 Å². The molecule has 0 radical (unpaired) electrons. The number of nitro benzene ring substituents is 1. The van der Waals surface area contributed by atoms with Crippen molar-refractivity contribution < 1.29 is 10.0 Å². The van der Waals surface area contributed by atoms with E-state index in [1.165, 1.54) is 12.1 Å². The molecule has 1 N–H and O–H groups in total. The molecule has 0 unspecified atom stereocenters. The summed E-state index contributed by atoms with van der Waals surface area (Å²) in [7, 11) is 0. The lowest BCUT2D eigenvalue weighted by molar-refractivity contribution is -0.384. The van der Waals surface area contributed by atoms with Crippen molar-refractivity contribution in [2.45, 2.75) is 0 Å². The normalized spacial score (nSPS) is 10.5. The van der Waals surface area contributed by atoms with Crippen molar-refractivity contribution in [2.75, 3.05) is 0 Å². The van der Waals surface area contributed by atoms with E-state index < -0.39 is 4.92 Å². The van der Waals surface area contributed by atoms with Gasteiger partial charge in [-0.2, -0.15) is 0 Å². The Morgan fingerprint density at radius 3 is 1.91 bits per heavy atom. The Bertz CT molecular complexity index is 861. The monoisotopic (exact) mass is 325 g/mol. The predicted molar refractivity (Wildman–Crippen MR) is 90.6 cm³/mol. The predicted octanol–water partition coefficient (Wildman–Crippen LogP) is 5.29. The van der Waals surface area contributed by atoms with Gasteiger partial charge < -0.3 is 5.11 Å². The maximum absolute atomic E-state index is 11.2. The number of nitrogens with zero attached hydrogens (tertiary/aromatic N) is 1. The van der Waals surface area contributed by atoms with E-state index in [4.69, 9.17) is 11.6 Å². The summed E-state index contributed by atoms with van der Waals surface area (Å²) in [4.78, 5) is 10.8. The quantitative estimate of drug-likeness (QED) is 0.525. The molecule has 0 fully saturated rings. The number of rotatable bonds is 3. The molecule has 0 atom stereocenters. The van der Waals surface area contributed by atoms with Crippen molar-refractivity contribution in [2.24, 2.45) is 0 Å². The second-order valence-electron chi connectivity index (χ2n) is 5.02. The molecule has 3 rings (SSSR count). The van der Waals surface area contributed by atoms with E-state index in [0.717, 1.165) is 0 Å². The van der Waals surface area contributed by atoms with Crippen LogP contribution < -0.4 is 0 Å². The lowest BCUT2D eigenvalue weighted by Gasteiger charge is -2.11. The van der Waals surface area contributed by atoms with Gasteiger partial charge in [-0.1, -0.05) is 54.1 Å². The summed E-state index contributed by atoms with van der Waals surface area (Å²) in [5.41, 5.74) is 2.11. The summed E-state index contributed by atoms with van der Waals surface area (Å²) in [5, 5.41) is 22.4. The molecule has 0 amide bonds. The van der Waals surface area contributed by atoms with Crippen LogP contribution in [0.25, 0.3) is 22.3 Å². The molecule has 3 aromatic rings. The molecule has 114 valence electrons. The van der Waals surface area contributed by atoms with Gasteiger partial charge in [-0.05, 0) is 23.3 Å². The van der Waals surface area contributed by atoms with Crippen LogP contribution in [-0.4, -0.2) is 10.0 Å². The summed E-state index contributed by atoms with van der Waals surface area (Å²) in [6.07, 6.45) is 0. The van der Waals surface area contributed by atoms with E-state index in [-0.39, 0.29) is 11.4 Å². The van der Waals surface area contributed by atoms with Crippen LogP contribution in [0.4, 0.5) is 5.69 Å². The third-order valence-corrected chi connectivity index (χ3v) is 3.80. The van der Waals surface area contributed by atoms with Crippen LogP contribution in [0.5, 0.6) is 5.75 Å². The standard InChI is InChI=1S/C18H12ClNO3/c19-14-8-6-13(7-9-14)17-11-15(20(22)23)10-16(18(17)21)12-4-2-1-3-5-12/h1-11,21H. The SMILES string of the molecule is O=[N+]([O-])c1cc(-c2ccccc2)c(O)c(-c2ccc(Cl)cc2)c1. The van der Waals surface area contributed by atoms with Crippen LogP contribution in [0, 0.1) is 10.1 Å². The van der Waals surface area contributed by atoms with Gasteiger partial charge in [-0.15, -0.1) is 0 Å². The molecule has 3 aromatic carbocycles. The highest BCUT2D eigenvalue weighted by atomic mass is 35.5. The second-order valence-corrected chi connectivity index (χ2v) is 5.46. The zero-order chi connectivity index (χ0) is 16.4. The molecule has 0 heterocycles. The number of non-ortho nitro benzene ring substituents is 1. The number of phenolic OH excluding ortho intramolecular Hbond substituents is 1. The number of benzene rings is 3. The number of hydrogen-bond donors (Lipinski definition) is 1. The first-order valence-electron chi connectivity index (χ1n) is 6.89. The number of halogens is 1. The minimum absolute atomic E-state index is 0.00382. The molecule has 0 aromatic heterocycles. The van der Waals surface area contributed by atoms with E-state index >= 15 is 0 Å². The van der Waals surface area contributed by atoms with Gasteiger partial charge in [0.2, 0.25) is 0 Å². The summed E-state index contributed by atoms with van der Waals surface area (Å²) >= 11 is 5.88. The molecule has 23 heavy (non-hydrogen) atoms. The van der Waals surface area contributed by atoms with Crippen molar-refractivity contribution >= 4 is 17.3 Å². The van der Waals surface area contributed by atoms with Crippen molar-refractivity contribution in [3.05, 3.63) is 81.9 Å². The number of nitro groups is 1. The van der Waals surface area contributed by atoms with E-state index in [9.17, 15) is 15.2 Å². The van der Waals surface area contributed by atoms with Gasteiger partial charge in [-0.3, -0.25) is 10.1 Å². The zero-order valence-corrected chi connectivity index (χ0v) is 12.7. The molecule has 0 aliphatic carbocycles. The third kappa shape index (κ3) is 3.03. The molecule has 0 spiro atoms. The Kier molecular flexibility index (Phi) is 4.00. The number of phenols is 1. The smallest absolute Gasteiger partial charge is 0.270 e. The average Bonchev–Trinajstić information content (AvgIpc) is 2.56. The summed E-state index contributed by atoms with van der Waals surface area (Å²) < 4.78 is 0. The lowest BCUT2D eigenvalue weighted by atomic mass is 9.96. The van der Waals surface area contributed by atoms with E-state index in [2.05, 4.69) is 0 Å². The van der Waals surface area contributed by atoms with Crippen molar-refractivity contribution in [1.29, 1.82) is 0 Å². The highest BCUT2D eigenvalue weighted by Crippen LogP contribution is 2.41. The van der Waals surface area contributed by atoms with Gasteiger partial charge in [-0.25, -0.2) is 0 Å². The molecule has 0 saturated carbocycles. The van der Waals surface area contributed by atoms with E-state index in [0.29, 0.717) is 27.3 Å². The molecular formula is C18H12ClNO3. The first-order valence-corrected chi connectivity index (χ1v) is 7.27. The van der Waals surface area contributed by atoms with E-state index in [1.54, 1.807) is 36.4 Å². The van der Waals surface area contributed by atoms with Crippen molar-refractivity contribution in [3.63, 3.8) is 0 Å². The highest BCUT2D eigenvalue weighted by Gasteiger charge is 2.18. The molecular weight excluding hydrogens is 314 g/mol. The summed E-state index contributed by atoms with van der Waals surface area (Å²) in [6, 6.07) is 18.6. The first kappa shape index (κ1) is 15.1. The molecule has 5 heteroatoms. The fraction of sp³-hybridized carbons (Fsp3) is 0. The summed E-state index contributed by atoms with van der Waals surface area (Å²) in [6.45, 7) is 0. The fourth-order valence-electron chi connectivity index (χ4n) is 2.41. The van der Waals surface area contributed by atoms with Gasteiger partial charge in [0.05, 0.1) is 4.92 Å². The highest BCUT2D eigenvalue weighted by molar-refractivity contribution is 6.30. The van der Waals surface area contributed by atoms with Crippen molar-refractivity contribution in [1.82, 2.24) is 0 Å². The molecule has 0 bridgehead atoms. The van der Waals surface area contributed by atoms with Crippen LogP contribution in [0.2, 0.25) is 5.02 Å². The average molecular weight is 326 g/mol. The Morgan fingerprint density at radius 2 is 1.39 bits per heavy atom. The third-order valence-electron chi connectivity index (χ3n) is 3.55. The van der Waals surface area contributed by atoms with Crippen LogP contribution in [0.15, 0.2) is 66.7 Å². The van der Waals surface area contributed by atoms with Crippen LogP contribution >= 0.6 is 11.6 Å². The zero-order valence-electron chi connectivity index (χ0n) is 11.9. The van der Waals surface area contributed by atoms with Crippen LogP contribution in [0.1, 0.15) is 0 Å². The Hall–Kier alpha value is -2.85. The molecule has 4 nitrogen and oxygen atoms in total. The van der Waals surface area contributed by atoms with Gasteiger partial charge in [0.15, 0.2) is 0 Å². The summed E-state index contributed by atoms with van der Waals surface area (Å²) in [5.74, 6) is 0.00382. The minimum atomic E-state index is -0.467. The Morgan fingerprint density at radius 1 is 0.870 bits per heavy atom. The topological polar surface area (TPSA) is 63.4 Å². The molecule has 0 aliphatic rings. The molecule has 0 aliphatic heterocycles. The lowest BCUT2D eigenvalue weighted by Crippen LogP contribution is -1.92. The van der Waals surface area contributed by atoms with Gasteiger partial charge in [0, 0.05) is 28.3 Å². The van der Waals surface area contributed by atoms with Crippen LogP contribution in [-0.2, 0) is 0 Å². The van der Waals surface area contributed by atoms with Crippen LogP contribution in [0.3, 0.4) is 0 Å². The number of aromatic hydroxyl groups is 1. The fourth-order valence-corrected chi connectivity index (χ4v) is 2.54. The molecule has 0 saturated heterocycles. The maximum atomic E-state index is 11.2. The first-order chi connectivity index (χ1) is 11.1. The van der Waals surface area contributed by atoms with E-state index in [1.807, 2.05) is 18.2 Å². The Labute approximate surface area is 137 Å². The largest absolute Gasteiger partial charge is 0.507 e. The van der Waals surface area contributed by atoms with Gasteiger partial charge >= 0.3 is 0 Å². The number of hydrogen-bond acceptors (Lipinski definition) is 3. The Balaban J connectivity index is 2.25. The van der Waals surface area contributed by atoms with Gasteiger partial charge in [0.1, 0.15) is 5.75 Å². The van der Waals surface area contributed by atoms with Crippen molar-refractivity contribution in [3.8, 4) is 28.0 Å². The second kappa shape index (κ2) is 6.10.